The molecule has 0 atom stereocenters. The fourth-order valence-corrected chi connectivity index (χ4v) is 4.32. The number of aromatic nitrogens is 1. The van der Waals surface area contributed by atoms with Gasteiger partial charge in [0.25, 0.3) is 0 Å². The Morgan fingerprint density at radius 1 is 0.875 bits per heavy atom. The fourth-order valence-electron chi connectivity index (χ4n) is 3.40. The number of hydrogen-bond donors (Lipinski definition) is 1. The number of thiazole rings is 1. The van der Waals surface area contributed by atoms with Crippen molar-refractivity contribution in [2.45, 2.75) is 26.7 Å². The van der Waals surface area contributed by atoms with Crippen LogP contribution in [0.2, 0.25) is 0 Å². The van der Waals surface area contributed by atoms with Crippen LogP contribution in [0.3, 0.4) is 0 Å². The van der Waals surface area contributed by atoms with Gasteiger partial charge in [-0.25, -0.2) is 4.98 Å². The molecule has 1 aromatic heterocycles. The predicted molar refractivity (Wildman–Crippen MR) is 131 cm³/mol. The van der Waals surface area contributed by atoms with Gasteiger partial charge < -0.3 is 5.32 Å². The van der Waals surface area contributed by atoms with Crippen LogP contribution in [-0.4, -0.2) is 16.7 Å². The highest BCUT2D eigenvalue weighted by Crippen LogP contribution is 2.31. The van der Waals surface area contributed by atoms with E-state index in [0.717, 1.165) is 27.4 Å². The topological polar surface area (TPSA) is 59.1 Å². The summed E-state index contributed by atoms with van der Waals surface area (Å²) < 4.78 is 0. The number of benzene rings is 3. The summed E-state index contributed by atoms with van der Waals surface area (Å²) in [4.78, 5) is 29.3. The van der Waals surface area contributed by atoms with Crippen LogP contribution in [0.15, 0.2) is 78.2 Å². The molecule has 0 fully saturated rings. The molecule has 1 N–H and O–H groups in total. The molecule has 1 heterocycles. The molecule has 0 radical (unpaired) electrons. The maximum Gasteiger partial charge on any atom is 0.224 e. The highest BCUT2D eigenvalue weighted by atomic mass is 32.1. The van der Waals surface area contributed by atoms with Gasteiger partial charge in [0.15, 0.2) is 5.78 Å². The number of carbonyl (C=O) groups is 2. The molecule has 0 saturated carbocycles. The van der Waals surface area contributed by atoms with Gasteiger partial charge in [0, 0.05) is 40.6 Å². The van der Waals surface area contributed by atoms with Crippen LogP contribution in [0.1, 0.15) is 34.3 Å². The maximum absolute atomic E-state index is 12.3. The van der Waals surface area contributed by atoms with E-state index in [1.807, 2.05) is 60.8 Å². The molecule has 0 saturated heterocycles. The Balaban J connectivity index is 1.35. The molecule has 4 rings (SSSR count). The SMILES string of the molecule is Cc1ccc(C(=O)CCC(=O)Nc2ccc(-c3csc(-c4ccccc4C)n3)cc2)cc1. The second kappa shape index (κ2) is 9.71. The number of nitrogens with zero attached hydrogens (tertiary/aromatic N) is 1. The third-order valence-electron chi connectivity index (χ3n) is 5.30. The molecular weight excluding hydrogens is 416 g/mol. The van der Waals surface area contributed by atoms with Crippen molar-refractivity contribution in [2.24, 2.45) is 0 Å². The lowest BCUT2D eigenvalue weighted by Crippen LogP contribution is -2.13. The molecule has 0 aliphatic carbocycles. The van der Waals surface area contributed by atoms with Crippen molar-refractivity contribution < 1.29 is 9.59 Å². The molecule has 1 amide bonds. The molecule has 3 aromatic carbocycles. The van der Waals surface area contributed by atoms with Gasteiger partial charge in [0.2, 0.25) is 5.91 Å². The van der Waals surface area contributed by atoms with Crippen molar-refractivity contribution in [3.63, 3.8) is 0 Å². The minimum atomic E-state index is -0.172. The van der Waals surface area contributed by atoms with Gasteiger partial charge in [-0.05, 0) is 31.5 Å². The van der Waals surface area contributed by atoms with E-state index in [9.17, 15) is 9.59 Å². The first-order valence-corrected chi connectivity index (χ1v) is 11.4. The first-order valence-electron chi connectivity index (χ1n) is 10.5. The lowest BCUT2D eigenvalue weighted by Gasteiger charge is -2.06. The predicted octanol–water partition coefficient (Wildman–Crippen LogP) is 6.70. The number of hydrogen-bond acceptors (Lipinski definition) is 4. The van der Waals surface area contributed by atoms with Gasteiger partial charge in [-0.3, -0.25) is 9.59 Å². The third kappa shape index (κ3) is 5.18. The van der Waals surface area contributed by atoms with E-state index < -0.39 is 0 Å². The number of ketones is 1. The molecule has 0 bridgehead atoms. The van der Waals surface area contributed by atoms with E-state index in [1.165, 1.54) is 5.56 Å². The first-order chi connectivity index (χ1) is 15.5. The van der Waals surface area contributed by atoms with E-state index in [0.29, 0.717) is 11.3 Å². The summed E-state index contributed by atoms with van der Waals surface area (Å²) in [5.41, 5.74) is 6.70. The first kappa shape index (κ1) is 21.7. The summed E-state index contributed by atoms with van der Waals surface area (Å²) >= 11 is 1.62. The Kier molecular flexibility index (Phi) is 6.57. The molecule has 0 unspecified atom stereocenters. The zero-order chi connectivity index (χ0) is 22.5. The van der Waals surface area contributed by atoms with E-state index >= 15 is 0 Å². The number of Topliss-reactive ketones (excluding diaryl/α,β-unsaturated/α-hetero) is 1. The largest absolute Gasteiger partial charge is 0.326 e. The Hall–Kier alpha value is -3.57. The lowest BCUT2D eigenvalue weighted by atomic mass is 10.0. The minimum Gasteiger partial charge on any atom is -0.326 e. The van der Waals surface area contributed by atoms with Crippen LogP contribution in [-0.2, 0) is 4.79 Å². The number of rotatable bonds is 7. The van der Waals surface area contributed by atoms with Gasteiger partial charge in [-0.2, -0.15) is 0 Å². The number of aryl methyl sites for hydroxylation is 2. The summed E-state index contributed by atoms with van der Waals surface area (Å²) in [6, 6.07) is 23.3. The van der Waals surface area contributed by atoms with Gasteiger partial charge in [0.1, 0.15) is 5.01 Å². The van der Waals surface area contributed by atoms with Crippen LogP contribution in [0, 0.1) is 13.8 Å². The number of carbonyl (C=O) groups excluding carboxylic acids is 2. The van der Waals surface area contributed by atoms with E-state index in [2.05, 4.69) is 24.4 Å². The van der Waals surface area contributed by atoms with Crippen LogP contribution in [0.4, 0.5) is 5.69 Å². The molecule has 0 spiro atoms. The molecule has 4 nitrogen and oxygen atoms in total. The van der Waals surface area contributed by atoms with Crippen molar-refractivity contribution in [2.75, 3.05) is 5.32 Å². The smallest absolute Gasteiger partial charge is 0.224 e. The fraction of sp³-hybridized carbons (Fsp3) is 0.148. The Morgan fingerprint density at radius 3 is 2.31 bits per heavy atom. The summed E-state index contributed by atoms with van der Waals surface area (Å²) in [7, 11) is 0. The minimum absolute atomic E-state index is 0.0245. The molecule has 5 heteroatoms. The van der Waals surface area contributed by atoms with Gasteiger partial charge >= 0.3 is 0 Å². The molecule has 0 aliphatic rings. The average molecular weight is 441 g/mol. The molecule has 32 heavy (non-hydrogen) atoms. The van der Waals surface area contributed by atoms with Gasteiger partial charge in [-0.15, -0.1) is 11.3 Å². The Morgan fingerprint density at radius 2 is 1.59 bits per heavy atom. The quantitative estimate of drug-likeness (QED) is 0.326. The Labute approximate surface area is 192 Å². The number of nitrogens with one attached hydrogen (secondary N) is 1. The highest BCUT2D eigenvalue weighted by molar-refractivity contribution is 7.13. The van der Waals surface area contributed by atoms with Crippen LogP contribution in [0.25, 0.3) is 21.8 Å². The average Bonchev–Trinajstić information content (AvgIpc) is 3.29. The maximum atomic E-state index is 12.3. The van der Waals surface area contributed by atoms with Crippen molar-refractivity contribution >= 4 is 28.7 Å². The van der Waals surface area contributed by atoms with Crippen molar-refractivity contribution in [1.29, 1.82) is 0 Å². The zero-order valence-electron chi connectivity index (χ0n) is 18.1. The van der Waals surface area contributed by atoms with Crippen molar-refractivity contribution in [3.8, 4) is 21.8 Å². The second-order valence-corrected chi connectivity index (χ2v) is 8.63. The molecule has 160 valence electrons. The van der Waals surface area contributed by atoms with Gasteiger partial charge in [-0.1, -0.05) is 66.2 Å². The van der Waals surface area contributed by atoms with Gasteiger partial charge in [0.05, 0.1) is 5.69 Å². The third-order valence-corrected chi connectivity index (χ3v) is 6.17. The van der Waals surface area contributed by atoms with Crippen LogP contribution in [0.5, 0.6) is 0 Å². The van der Waals surface area contributed by atoms with Crippen molar-refractivity contribution in [1.82, 2.24) is 4.98 Å². The summed E-state index contributed by atoms with van der Waals surface area (Å²) in [5.74, 6) is -0.197. The standard InChI is InChI=1S/C27H24N2O2S/c1-18-7-9-21(10-8-18)25(30)15-16-26(31)28-22-13-11-20(12-14-22)24-17-32-27(29-24)23-6-4-3-5-19(23)2/h3-14,17H,15-16H2,1-2H3,(H,28,31). The highest BCUT2D eigenvalue weighted by Gasteiger charge is 2.11. The number of anilines is 1. The van der Waals surface area contributed by atoms with E-state index in [-0.39, 0.29) is 24.5 Å². The summed E-state index contributed by atoms with van der Waals surface area (Å²) in [6.07, 6.45) is 0.341. The lowest BCUT2D eigenvalue weighted by molar-refractivity contribution is -0.116. The van der Waals surface area contributed by atoms with Crippen LogP contribution >= 0.6 is 11.3 Å². The number of amides is 1. The summed E-state index contributed by atoms with van der Waals surface area (Å²) in [6.45, 7) is 4.06. The second-order valence-electron chi connectivity index (χ2n) is 7.77. The molecular formula is C27H24N2O2S. The zero-order valence-corrected chi connectivity index (χ0v) is 18.9. The Bertz CT molecular complexity index is 1240. The van der Waals surface area contributed by atoms with Crippen LogP contribution < -0.4 is 5.32 Å². The van der Waals surface area contributed by atoms with Crippen molar-refractivity contribution in [3.05, 3.63) is 94.9 Å². The normalized spacial score (nSPS) is 10.7. The molecule has 0 aliphatic heterocycles. The summed E-state index contributed by atoms with van der Waals surface area (Å²) in [5, 5.41) is 5.91. The monoisotopic (exact) mass is 440 g/mol. The van der Waals surface area contributed by atoms with E-state index in [1.54, 1.807) is 23.5 Å². The molecule has 4 aromatic rings. The van der Waals surface area contributed by atoms with E-state index in [4.69, 9.17) is 4.98 Å².